The van der Waals surface area contributed by atoms with Gasteiger partial charge in [0.05, 0.1) is 31.8 Å². The molecule has 6 nitrogen and oxygen atoms in total. The van der Waals surface area contributed by atoms with Crippen LogP contribution in [0.5, 0.6) is 11.5 Å². The van der Waals surface area contributed by atoms with Gasteiger partial charge < -0.3 is 20.1 Å². The van der Waals surface area contributed by atoms with Gasteiger partial charge in [-0.3, -0.25) is 9.78 Å². The van der Waals surface area contributed by atoms with Crippen LogP contribution in [0.3, 0.4) is 0 Å². The Morgan fingerprint density at radius 2 is 1.90 bits per heavy atom. The van der Waals surface area contributed by atoms with E-state index in [1.54, 1.807) is 44.6 Å². The molecule has 1 heterocycles. The number of carbonyl (C=O) groups excluding carboxylic acids is 1. The number of rotatable bonds is 4. The molecule has 21 heavy (non-hydrogen) atoms. The monoisotopic (exact) mass is 287 g/mol. The summed E-state index contributed by atoms with van der Waals surface area (Å²) in [6.07, 6.45) is 3.10. The molecule has 6 heteroatoms. The number of anilines is 2. The van der Waals surface area contributed by atoms with Gasteiger partial charge in [-0.15, -0.1) is 0 Å². The second-order valence-corrected chi connectivity index (χ2v) is 4.37. The topological polar surface area (TPSA) is 77.7 Å². The van der Waals surface area contributed by atoms with E-state index in [0.717, 1.165) is 0 Å². The largest absolute Gasteiger partial charge is 0.493 e. The van der Waals surface area contributed by atoms with Gasteiger partial charge in [0.2, 0.25) is 0 Å². The van der Waals surface area contributed by atoms with E-state index in [1.165, 1.54) is 18.2 Å². The number of amides is 1. The molecule has 0 saturated carbocycles. The van der Waals surface area contributed by atoms with Crippen LogP contribution in [0.1, 0.15) is 10.4 Å². The highest BCUT2D eigenvalue weighted by Crippen LogP contribution is 2.29. The third-order valence-electron chi connectivity index (χ3n) is 3.12. The Labute approximate surface area is 123 Å². The number of aromatic nitrogens is 1. The first-order valence-corrected chi connectivity index (χ1v) is 6.28. The molecule has 1 aromatic carbocycles. The summed E-state index contributed by atoms with van der Waals surface area (Å²) in [6, 6.07) is 6.69. The fraction of sp³-hybridized carbons (Fsp3) is 0.200. The second-order valence-electron chi connectivity index (χ2n) is 4.37. The van der Waals surface area contributed by atoms with Gasteiger partial charge in [0, 0.05) is 18.8 Å². The van der Waals surface area contributed by atoms with Crippen LogP contribution in [0.15, 0.2) is 36.7 Å². The van der Waals surface area contributed by atoms with E-state index in [0.29, 0.717) is 28.4 Å². The van der Waals surface area contributed by atoms with Gasteiger partial charge in [-0.2, -0.15) is 0 Å². The Morgan fingerprint density at radius 1 is 1.19 bits per heavy atom. The summed E-state index contributed by atoms with van der Waals surface area (Å²) in [7, 11) is 4.73. The molecule has 0 saturated heterocycles. The van der Waals surface area contributed by atoms with Crippen molar-refractivity contribution in [2.24, 2.45) is 0 Å². The van der Waals surface area contributed by atoms with E-state index >= 15 is 0 Å². The van der Waals surface area contributed by atoms with Crippen molar-refractivity contribution in [1.82, 2.24) is 4.98 Å². The fourth-order valence-corrected chi connectivity index (χ4v) is 1.98. The van der Waals surface area contributed by atoms with E-state index in [4.69, 9.17) is 15.2 Å². The number of ether oxygens (including phenoxy) is 2. The molecule has 2 N–H and O–H groups in total. The Hall–Kier alpha value is -2.76. The average Bonchev–Trinajstić information content (AvgIpc) is 2.53. The fourth-order valence-electron chi connectivity index (χ4n) is 1.98. The van der Waals surface area contributed by atoms with Crippen LogP contribution < -0.4 is 20.1 Å². The van der Waals surface area contributed by atoms with E-state index in [-0.39, 0.29) is 5.91 Å². The molecule has 0 bridgehead atoms. The number of benzene rings is 1. The molecule has 0 aliphatic carbocycles. The number of nitrogens with two attached hydrogens (primary N) is 1. The lowest BCUT2D eigenvalue weighted by atomic mass is 10.1. The zero-order valence-electron chi connectivity index (χ0n) is 12.2. The number of methoxy groups -OCH3 is 2. The Balaban J connectivity index is 2.34. The van der Waals surface area contributed by atoms with E-state index in [9.17, 15) is 4.79 Å². The van der Waals surface area contributed by atoms with Crippen LogP contribution in [0.4, 0.5) is 11.4 Å². The van der Waals surface area contributed by atoms with E-state index in [2.05, 4.69) is 4.98 Å². The number of hydrogen-bond acceptors (Lipinski definition) is 5. The summed E-state index contributed by atoms with van der Waals surface area (Å²) in [5.74, 6) is 0.869. The van der Waals surface area contributed by atoms with Gasteiger partial charge >= 0.3 is 0 Å². The first-order valence-electron chi connectivity index (χ1n) is 6.28. The lowest BCUT2D eigenvalue weighted by Gasteiger charge is -2.19. The maximum Gasteiger partial charge on any atom is 0.258 e. The third-order valence-corrected chi connectivity index (χ3v) is 3.12. The van der Waals surface area contributed by atoms with Gasteiger partial charge in [0.15, 0.2) is 11.5 Å². The predicted octanol–water partition coefficient (Wildman–Crippen LogP) is 1.96. The number of nitrogen functional groups attached to an aromatic ring is 1. The third kappa shape index (κ3) is 2.89. The zero-order chi connectivity index (χ0) is 15.4. The maximum absolute atomic E-state index is 12.5. The number of carbonyl (C=O) groups is 1. The minimum Gasteiger partial charge on any atom is -0.493 e. The lowest BCUT2D eigenvalue weighted by molar-refractivity contribution is 0.0992. The van der Waals surface area contributed by atoms with Gasteiger partial charge in [0.1, 0.15) is 0 Å². The molecule has 0 atom stereocenters. The SMILES string of the molecule is COc1ccc(C(=O)N(C)c2ccncc2N)cc1OC. The lowest BCUT2D eigenvalue weighted by Crippen LogP contribution is -2.27. The highest BCUT2D eigenvalue weighted by molar-refractivity contribution is 6.07. The average molecular weight is 287 g/mol. The van der Waals surface area contributed by atoms with Gasteiger partial charge in [-0.1, -0.05) is 0 Å². The summed E-state index contributed by atoms with van der Waals surface area (Å²) in [5.41, 5.74) is 7.36. The van der Waals surface area contributed by atoms with Gasteiger partial charge in [0.25, 0.3) is 5.91 Å². The van der Waals surface area contributed by atoms with Gasteiger partial charge in [-0.25, -0.2) is 0 Å². The summed E-state index contributed by atoms with van der Waals surface area (Å²) >= 11 is 0. The molecule has 2 aromatic rings. The van der Waals surface area contributed by atoms with Crippen molar-refractivity contribution >= 4 is 17.3 Å². The zero-order valence-corrected chi connectivity index (χ0v) is 12.2. The molecule has 0 spiro atoms. The highest BCUT2D eigenvalue weighted by atomic mass is 16.5. The van der Waals surface area contributed by atoms with Crippen LogP contribution >= 0.6 is 0 Å². The van der Waals surface area contributed by atoms with Crippen molar-refractivity contribution in [3.05, 3.63) is 42.2 Å². The molecule has 1 aromatic heterocycles. The summed E-state index contributed by atoms with van der Waals surface area (Å²) in [6.45, 7) is 0. The summed E-state index contributed by atoms with van der Waals surface area (Å²) < 4.78 is 10.4. The van der Waals surface area contributed by atoms with Crippen LogP contribution in [-0.2, 0) is 0 Å². The van der Waals surface area contributed by atoms with Crippen molar-refractivity contribution in [1.29, 1.82) is 0 Å². The number of pyridine rings is 1. The van der Waals surface area contributed by atoms with Crippen LogP contribution in [0, 0.1) is 0 Å². The molecule has 0 aliphatic heterocycles. The molecule has 0 unspecified atom stereocenters. The van der Waals surface area contributed by atoms with Gasteiger partial charge in [-0.05, 0) is 24.3 Å². The smallest absolute Gasteiger partial charge is 0.258 e. The predicted molar refractivity (Wildman–Crippen MR) is 80.9 cm³/mol. The van der Waals surface area contributed by atoms with E-state index in [1.807, 2.05) is 0 Å². The van der Waals surface area contributed by atoms with Crippen LogP contribution in [0.2, 0.25) is 0 Å². The Kier molecular flexibility index (Phi) is 4.27. The molecule has 0 radical (unpaired) electrons. The molecule has 110 valence electrons. The Morgan fingerprint density at radius 3 is 2.52 bits per heavy atom. The van der Waals surface area contributed by atoms with Crippen molar-refractivity contribution in [3.63, 3.8) is 0 Å². The molecular formula is C15H17N3O3. The number of nitrogens with zero attached hydrogens (tertiary/aromatic N) is 2. The van der Waals surface area contributed by atoms with E-state index < -0.39 is 0 Å². The quantitative estimate of drug-likeness (QED) is 0.930. The van der Waals surface area contributed by atoms with Crippen molar-refractivity contribution in [3.8, 4) is 11.5 Å². The summed E-state index contributed by atoms with van der Waals surface area (Å²) in [5, 5.41) is 0. The van der Waals surface area contributed by atoms with Crippen molar-refractivity contribution in [2.45, 2.75) is 0 Å². The molecule has 0 aliphatic rings. The molecular weight excluding hydrogens is 270 g/mol. The normalized spacial score (nSPS) is 10.0. The molecule has 2 rings (SSSR count). The highest BCUT2D eigenvalue weighted by Gasteiger charge is 2.17. The summed E-state index contributed by atoms with van der Waals surface area (Å²) in [4.78, 5) is 17.9. The van der Waals surface area contributed by atoms with Crippen LogP contribution in [-0.4, -0.2) is 32.2 Å². The minimum atomic E-state index is -0.200. The first-order chi connectivity index (χ1) is 10.1. The molecule has 1 amide bonds. The van der Waals surface area contributed by atoms with Crippen LogP contribution in [0.25, 0.3) is 0 Å². The molecule has 0 fully saturated rings. The second kappa shape index (κ2) is 6.13. The minimum absolute atomic E-state index is 0.200. The maximum atomic E-state index is 12.5. The Bertz CT molecular complexity index is 658. The standard InChI is InChI=1S/C15H17N3O3/c1-18(12-6-7-17-9-11(12)16)15(19)10-4-5-13(20-2)14(8-10)21-3/h4-9H,16H2,1-3H3. The van der Waals surface area contributed by atoms with Crippen molar-refractivity contribution < 1.29 is 14.3 Å². The first kappa shape index (κ1) is 14.6. The number of hydrogen-bond donors (Lipinski definition) is 1. The van der Waals surface area contributed by atoms with Crippen molar-refractivity contribution in [2.75, 3.05) is 31.9 Å².